The van der Waals surface area contributed by atoms with E-state index in [1.54, 1.807) is 32.0 Å². The first-order valence-electron chi connectivity index (χ1n) is 8.97. The van der Waals surface area contributed by atoms with Gasteiger partial charge in [-0.05, 0) is 44.5 Å². The summed E-state index contributed by atoms with van der Waals surface area (Å²) in [6, 6.07) is 4.91. The number of hydrogen-bond donors (Lipinski definition) is 1. The van der Waals surface area contributed by atoms with Gasteiger partial charge in [-0.3, -0.25) is 13.9 Å². The standard InChI is InChI=1S/C21H19N3O5/c1-9-10(2)20(27)29-17-11(3)16(25)14(8-13(9)17)15-7-6-12-18(22-15)23(4)21(28)24(5)19(12)26/h6-8,25H,1-5H3. The topological polar surface area (TPSA) is 107 Å². The zero-order chi connectivity index (χ0) is 21.2. The molecule has 29 heavy (non-hydrogen) atoms. The highest BCUT2D eigenvalue weighted by Gasteiger charge is 2.19. The van der Waals surface area contributed by atoms with Crippen molar-refractivity contribution < 1.29 is 9.52 Å². The number of phenolic OH excluding ortho intramolecular Hbond substituents is 1. The molecule has 0 saturated carbocycles. The van der Waals surface area contributed by atoms with Crippen LogP contribution >= 0.6 is 0 Å². The van der Waals surface area contributed by atoms with Gasteiger partial charge in [0.05, 0.1) is 11.1 Å². The summed E-state index contributed by atoms with van der Waals surface area (Å²) in [5.41, 5.74) is 1.65. The van der Waals surface area contributed by atoms with Crippen molar-refractivity contribution in [2.75, 3.05) is 0 Å². The summed E-state index contributed by atoms with van der Waals surface area (Å²) in [6.45, 7) is 5.16. The smallest absolute Gasteiger partial charge is 0.339 e. The van der Waals surface area contributed by atoms with Crippen LogP contribution in [0.25, 0.3) is 33.3 Å². The third-order valence-corrected chi connectivity index (χ3v) is 5.53. The first-order valence-corrected chi connectivity index (χ1v) is 8.97. The first kappa shape index (κ1) is 18.7. The minimum atomic E-state index is -0.487. The van der Waals surface area contributed by atoms with E-state index in [4.69, 9.17) is 4.42 Å². The van der Waals surface area contributed by atoms with Gasteiger partial charge in [-0.25, -0.2) is 14.6 Å². The third-order valence-electron chi connectivity index (χ3n) is 5.53. The van der Waals surface area contributed by atoms with Crippen LogP contribution in [0, 0.1) is 20.8 Å². The van der Waals surface area contributed by atoms with E-state index >= 15 is 0 Å². The lowest BCUT2D eigenvalue weighted by molar-refractivity contribution is 0.469. The molecular weight excluding hydrogens is 374 g/mol. The van der Waals surface area contributed by atoms with E-state index < -0.39 is 16.9 Å². The van der Waals surface area contributed by atoms with Crippen LogP contribution in [0.4, 0.5) is 0 Å². The van der Waals surface area contributed by atoms with Gasteiger partial charge in [0.1, 0.15) is 17.0 Å². The second-order valence-electron chi connectivity index (χ2n) is 7.19. The minimum absolute atomic E-state index is 0.0791. The molecule has 148 valence electrons. The quantitative estimate of drug-likeness (QED) is 0.496. The molecule has 0 spiro atoms. The molecule has 0 saturated heterocycles. The van der Waals surface area contributed by atoms with Gasteiger partial charge in [0.25, 0.3) is 5.56 Å². The molecule has 3 heterocycles. The van der Waals surface area contributed by atoms with Crippen LogP contribution in [0.2, 0.25) is 0 Å². The van der Waals surface area contributed by atoms with Gasteiger partial charge in [-0.15, -0.1) is 0 Å². The molecule has 0 fully saturated rings. The number of aromatic hydroxyl groups is 1. The van der Waals surface area contributed by atoms with Gasteiger partial charge in [0.15, 0.2) is 0 Å². The highest BCUT2D eigenvalue weighted by molar-refractivity contribution is 5.92. The SMILES string of the molecule is Cc1c(C)c2cc(-c3ccc4c(=O)n(C)c(=O)n(C)c4n3)c(O)c(C)c2oc1=O. The number of fused-ring (bicyclic) bond motifs is 2. The Kier molecular flexibility index (Phi) is 3.97. The van der Waals surface area contributed by atoms with E-state index in [0.717, 1.165) is 10.1 Å². The van der Waals surface area contributed by atoms with Gasteiger partial charge in [-0.2, -0.15) is 0 Å². The van der Waals surface area contributed by atoms with Crippen molar-refractivity contribution in [2.24, 2.45) is 14.1 Å². The number of rotatable bonds is 1. The summed E-state index contributed by atoms with van der Waals surface area (Å²) in [5, 5.41) is 11.7. The van der Waals surface area contributed by atoms with E-state index in [2.05, 4.69) is 4.98 Å². The van der Waals surface area contributed by atoms with Gasteiger partial charge in [0, 0.05) is 36.2 Å². The van der Waals surface area contributed by atoms with Crippen LogP contribution in [0.15, 0.2) is 37.0 Å². The van der Waals surface area contributed by atoms with Crippen molar-refractivity contribution >= 4 is 22.0 Å². The number of hydrogen-bond acceptors (Lipinski definition) is 6. The van der Waals surface area contributed by atoms with E-state index in [0.29, 0.717) is 38.7 Å². The molecule has 8 nitrogen and oxygen atoms in total. The largest absolute Gasteiger partial charge is 0.507 e. The van der Waals surface area contributed by atoms with Gasteiger partial charge >= 0.3 is 11.3 Å². The Hall–Kier alpha value is -3.68. The van der Waals surface area contributed by atoms with Crippen molar-refractivity contribution in [3.63, 3.8) is 0 Å². The molecule has 0 radical (unpaired) electrons. The third kappa shape index (κ3) is 2.52. The van der Waals surface area contributed by atoms with Crippen LogP contribution < -0.4 is 16.9 Å². The highest BCUT2D eigenvalue weighted by Crippen LogP contribution is 2.37. The normalized spacial score (nSPS) is 11.5. The summed E-state index contributed by atoms with van der Waals surface area (Å²) in [6.07, 6.45) is 0. The molecule has 3 aromatic heterocycles. The number of nitrogens with zero attached hydrogens (tertiary/aromatic N) is 3. The van der Waals surface area contributed by atoms with E-state index in [1.165, 1.54) is 18.7 Å². The summed E-state index contributed by atoms with van der Waals surface area (Å²) in [5.74, 6) is -0.0791. The van der Waals surface area contributed by atoms with Crippen LogP contribution in [0.5, 0.6) is 5.75 Å². The molecule has 0 aliphatic carbocycles. The average Bonchev–Trinajstić information content (AvgIpc) is 2.71. The molecule has 1 aromatic carbocycles. The fraction of sp³-hybridized carbons (Fsp3) is 0.238. The molecule has 0 aliphatic rings. The molecule has 4 rings (SSSR count). The van der Waals surface area contributed by atoms with E-state index in [-0.39, 0.29) is 11.4 Å². The van der Waals surface area contributed by atoms with Crippen molar-refractivity contribution in [1.29, 1.82) is 0 Å². The van der Waals surface area contributed by atoms with Gasteiger partial charge in [0.2, 0.25) is 0 Å². The maximum atomic E-state index is 12.4. The molecular formula is C21H19N3O5. The molecule has 0 bridgehead atoms. The van der Waals surface area contributed by atoms with Crippen molar-refractivity contribution in [3.8, 4) is 17.0 Å². The first-order chi connectivity index (χ1) is 13.6. The number of aryl methyl sites for hydroxylation is 3. The van der Waals surface area contributed by atoms with Crippen LogP contribution in [0.1, 0.15) is 16.7 Å². The second-order valence-corrected chi connectivity index (χ2v) is 7.19. The van der Waals surface area contributed by atoms with Crippen molar-refractivity contribution in [2.45, 2.75) is 20.8 Å². The second kappa shape index (κ2) is 6.16. The molecule has 4 aromatic rings. The minimum Gasteiger partial charge on any atom is -0.507 e. The summed E-state index contributed by atoms with van der Waals surface area (Å²) in [4.78, 5) is 41.1. The summed E-state index contributed by atoms with van der Waals surface area (Å²) < 4.78 is 7.70. The van der Waals surface area contributed by atoms with Crippen molar-refractivity contribution in [3.05, 3.63) is 66.1 Å². The van der Waals surface area contributed by atoms with E-state index in [1.807, 2.05) is 6.92 Å². The Morgan fingerprint density at radius 3 is 2.31 bits per heavy atom. The number of aromatic nitrogens is 3. The van der Waals surface area contributed by atoms with Crippen LogP contribution in [-0.4, -0.2) is 19.2 Å². The van der Waals surface area contributed by atoms with Gasteiger partial charge in [-0.1, -0.05) is 0 Å². The van der Waals surface area contributed by atoms with Crippen LogP contribution in [-0.2, 0) is 14.1 Å². The maximum Gasteiger partial charge on any atom is 0.339 e. The number of pyridine rings is 1. The highest BCUT2D eigenvalue weighted by atomic mass is 16.4. The summed E-state index contributed by atoms with van der Waals surface area (Å²) >= 11 is 0. The maximum absolute atomic E-state index is 12.4. The Labute approximate surface area is 164 Å². The summed E-state index contributed by atoms with van der Waals surface area (Å²) in [7, 11) is 2.95. The Bertz CT molecular complexity index is 1520. The number of benzene rings is 1. The predicted molar refractivity (Wildman–Crippen MR) is 110 cm³/mol. The Morgan fingerprint density at radius 2 is 1.62 bits per heavy atom. The predicted octanol–water partition coefficient (Wildman–Crippen LogP) is 2.04. The average molecular weight is 393 g/mol. The molecule has 8 heteroatoms. The lowest BCUT2D eigenvalue weighted by atomic mass is 9.98. The lowest BCUT2D eigenvalue weighted by Crippen LogP contribution is -2.37. The Balaban J connectivity index is 2.11. The number of phenols is 1. The zero-order valence-electron chi connectivity index (χ0n) is 16.7. The fourth-order valence-corrected chi connectivity index (χ4v) is 3.52. The molecule has 0 aliphatic heterocycles. The lowest BCUT2D eigenvalue weighted by Gasteiger charge is -2.13. The zero-order valence-corrected chi connectivity index (χ0v) is 16.7. The Morgan fingerprint density at radius 1 is 0.931 bits per heavy atom. The molecule has 0 amide bonds. The van der Waals surface area contributed by atoms with Gasteiger partial charge < -0.3 is 9.52 Å². The van der Waals surface area contributed by atoms with Crippen LogP contribution in [0.3, 0.4) is 0 Å². The monoisotopic (exact) mass is 393 g/mol. The molecule has 0 atom stereocenters. The van der Waals surface area contributed by atoms with E-state index in [9.17, 15) is 19.5 Å². The molecule has 1 N–H and O–H groups in total. The molecule has 0 unspecified atom stereocenters. The van der Waals surface area contributed by atoms with Crippen molar-refractivity contribution in [1.82, 2.24) is 14.1 Å². The fourth-order valence-electron chi connectivity index (χ4n) is 3.52.